The van der Waals surface area contributed by atoms with Crippen LogP contribution < -0.4 is 5.32 Å². The Bertz CT molecular complexity index is 519. The van der Waals surface area contributed by atoms with Gasteiger partial charge in [-0.3, -0.25) is 0 Å². The van der Waals surface area contributed by atoms with Crippen molar-refractivity contribution in [2.75, 3.05) is 12.3 Å². The van der Waals surface area contributed by atoms with Gasteiger partial charge in [-0.1, -0.05) is 34.1 Å². The summed E-state index contributed by atoms with van der Waals surface area (Å²) in [5, 5.41) is 3.26. The third-order valence-corrected chi connectivity index (χ3v) is 4.12. The predicted octanol–water partition coefficient (Wildman–Crippen LogP) is 4.47. The van der Waals surface area contributed by atoms with Gasteiger partial charge in [0.2, 0.25) is 0 Å². The fourth-order valence-electron chi connectivity index (χ4n) is 1.66. The van der Waals surface area contributed by atoms with Crippen molar-refractivity contribution in [2.45, 2.75) is 11.4 Å². The molecule has 2 aromatic carbocycles. The molecule has 0 radical (unpaired) electrons. The van der Waals surface area contributed by atoms with Gasteiger partial charge in [0.15, 0.2) is 0 Å². The normalized spacial score (nSPS) is 10.6. The molecule has 0 fully saturated rings. The summed E-state index contributed by atoms with van der Waals surface area (Å²) in [4.78, 5) is 1.26. The van der Waals surface area contributed by atoms with Crippen LogP contribution in [-0.2, 0) is 6.54 Å². The summed E-state index contributed by atoms with van der Waals surface area (Å²) in [6, 6.07) is 15.3. The molecular weight excluding hydrogens is 325 g/mol. The summed E-state index contributed by atoms with van der Waals surface area (Å²) >= 11 is 5.15. The number of benzene rings is 2. The standard InChI is InChI=1S/C15H15BrFNS/c16-13-6-7-15(17)12(10-13)11-18-8-9-19-14-4-2-1-3-5-14/h1-7,10,18H,8-9,11H2. The molecule has 4 heteroatoms. The summed E-state index contributed by atoms with van der Waals surface area (Å²) in [5.41, 5.74) is 0.694. The predicted molar refractivity (Wildman–Crippen MR) is 83.0 cm³/mol. The minimum absolute atomic E-state index is 0.161. The second kappa shape index (κ2) is 7.68. The smallest absolute Gasteiger partial charge is 0.127 e. The van der Waals surface area contributed by atoms with Crippen molar-refractivity contribution in [3.63, 3.8) is 0 Å². The van der Waals surface area contributed by atoms with Gasteiger partial charge in [-0.2, -0.15) is 0 Å². The molecule has 2 rings (SSSR count). The third kappa shape index (κ3) is 4.97. The van der Waals surface area contributed by atoms with E-state index in [0.29, 0.717) is 12.1 Å². The van der Waals surface area contributed by atoms with Gasteiger partial charge < -0.3 is 5.32 Å². The number of halogens is 2. The number of nitrogens with one attached hydrogen (secondary N) is 1. The quantitative estimate of drug-likeness (QED) is 0.615. The van der Waals surface area contributed by atoms with Crippen LogP contribution in [0.4, 0.5) is 4.39 Å². The van der Waals surface area contributed by atoms with Crippen molar-refractivity contribution < 1.29 is 4.39 Å². The topological polar surface area (TPSA) is 12.0 Å². The lowest BCUT2D eigenvalue weighted by molar-refractivity contribution is 0.593. The summed E-state index contributed by atoms with van der Waals surface area (Å²) in [5.74, 6) is 0.811. The summed E-state index contributed by atoms with van der Waals surface area (Å²) in [6.07, 6.45) is 0. The van der Waals surface area contributed by atoms with Crippen LogP contribution >= 0.6 is 27.7 Å². The molecule has 0 aliphatic carbocycles. The summed E-state index contributed by atoms with van der Waals surface area (Å²) in [7, 11) is 0. The Balaban J connectivity index is 1.71. The van der Waals surface area contributed by atoms with Gasteiger partial charge in [-0.05, 0) is 30.3 Å². The zero-order chi connectivity index (χ0) is 13.5. The van der Waals surface area contributed by atoms with Crippen LogP contribution in [0.15, 0.2) is 57.9 Å². The van der Waals surface area contributed by atoms with Crippen LogP contribution in [0, 0.1) is 5.82 Å². The first kappa shape index (κ1) is 14.6. The second-order valence-corrected chi connectivity index (χ2v) is 6.16. The monoisotopic (exact) mass is 339 g/mol. The molecule has 0 aliphatic rings. The Labute approximate surface area is 125 Å². The largest absolute Gasteiger partial charge is 0.312 e. The molecule has 0 aromatic heterocycles. The zero-order valence-electron chi connectivity index (χ0n) is 10.4. The number of thioether (sulfide) groups is 1. The Morgan fingerprint density at radius 1 is 1.11 bits per heavy atom. The molecule has 100 valence electrons. The van der Waals surface area contributed by atoms with E-state index >= 15 is 0 Å². The first-order valence-electron chi connectivity index (χ1n) is 6.08. The Kier molecular flexibility index (Phi) is 5.89. The highest BCUT2D eigenvalue weighted by atomic mass is 79.9. The van der Waals surface area contributed by atoms with Crippen LogP contribution in [-0.4, -0.2) is 12.3 Å². The highest BCUT2D eigenvalue weighted by Gasteiger charge is 2.02. The molecule has 1 N–H and O–H groups in total. The van der Waals surface area contributed by atoms with Crippen LogP contribution in [0.1, 0.15) is 5.56 Å². The lowest BCUT2D eigenvalue weighted by Gasteiger charge is -2.06. The lowest BCUT2D eigenvalue weighted by Crippen LogP contribution is -2.17. The van der Waals surface area contributed by atoms with E-state index in [2.05, 4.69) is 33.4 Å². The minimum Gasteiger partial charge on any atom is -0.312 e. The van der Waals surface area contributed by atoms with Crippen molar-refractivity contribution in [2.24, 2.45) is 0 Å². The van der Waals surface area contributed by atoms with Crippen LogP contribution in [0.5, 0.6) is 0 Å². The molecule has 0 bridgehead atoms. The number of rotatable bonds is 6. The molecule has 2 aromatic rings. The van der Waals surface area contributed by atoms with Crippen molar-refractivity contribution in [3.05, 3.63) is 64.4 Å². The van der Waals surface area contributed by atoms with E-state index < -0.39 is 0 Å². The van der Waals surface area contributed by atoms with E-state index in [1.165, 1.54) is 11.0 Å². The van der Waals surface area contributed by atoms with E-state index in [0.717, 1.165) is 16.8 Å². The van der Waals surface area contributed by atoms with Crippen molar-refractivity contribution in [3.8, 4) is 0 Å². The lowest BCUT2D eigenvalue weighted by atomic mass is 10.2. The maximum atomic E-state index is 13.5. The maximum absolute atomic E-state index is 13.5. The zero-order valence-corrected chi connectivity index (χ0v) is 12.8. The van der Waals surface area contributed by atoms with Crippen molar-refractivity contribution in [1.82, 2.24) is 5.32 Å². The molecule has 0 saturated heterocycles. The molecule has 0 amide bonds. The van der Waals surface area contributed by atoms with Crippen LogP contribution in [0.2, 0.25) is 0 Å². The molecular formula is C15H15BrFNS. The molecule has 1 nitrogen and oxygen atoms in total. The third-order valence-electron chi connectivity index (χ3n) is 2.61. The minimum atomic E-state index is -0.161. The van der Waals surface area contributed by atoms with E-state index in [9.17, 15) is 4.39 Å². The average Bonchev–Trinajstić information content (AvgIpc) is 2.43. The van der Waals surface area contributed by atoms with Gasteiger partial charge in [0, 0.05) is 33.8 Å². The van der Waals surface area contributed by atoms with Crippen LogP contribution in [0.25, 0.3) is 0 Å². The van der Waals surface area contributed by atoms with Gasteiger partial charge in [-0.15, -0.1) is 11.8 Å². The number of hydrogen-bond acceptors (Lipinski definition) is 2. The second-order valence-electron chi connectivity index (χ2n) is 4.07. The van der Waals surface area contributed by atoms with Crippen molar-refractivity contribution in [1.29, 1.82) is 0 Å². The van der Waals surface area contributed by atoms with E-state index in [1.807, 2.05) is 24.3 Å². The molecule has 0 saturated carbocycles. The summed E-state index contributed by atoms with van der Waals surface area (Å²) < 4.78 is 14.4. The Morgan fingerprint density at radius 3 is 2.68 bits per heavy atom. The van der Waals surface area contributed by atoms with Gasteiger partial charge in [0.25, 0.3) is 0 Å². The van der Waals surface area contributed by atoms with E-state index in [1.54, 1.807) is 17.8 Å². The molecule has 19 heavy (non-hydrogen) atoms. The Hall–Kier alpha value is -0.840. The van der Waals surface area contributed by atoms with Gasteiger partial charge in [0.05, 0.1) is 0 Å². The first-order valence-corrected chi connectivity index (χ1v) is 7.86. The first-order chi connectivity index (χ1) is 9.25. The van der Waals surface area contributed by atoms with Crippen molar-refractivity contribution >= 4 is 27.7 Å². The number of hydrogen-bond donors (Lipinski definition) is 1. The molecule has 0 aliphatic heterocycles. The molecule has 0 unspecified atom stereocenters. The van der Waals surface area contributed by atoms with Gasteiger partial charge in [0.1, 0.15) is 5.82 Å². The fraction of sp³-hybridized carbons (Fsp3) is 0.200. The molecule has 0 atom stereocenters. The van der Waals surface area contributed by atoms with Crippen LogP contribution in [0.3, 0.4) is 0 Å². The highest BCUT2D eigenvalue weighted by molar-refractivity contribution is 9.10. The van der Waals surface area contributed by atoms with E-state index in [4.69, 9.17) is 0 Å². The molecule has 0 spiro atoms. The van der Waals surface area contributed by atoms with Gasteiger partial charge >= 0.3 is 0 Å². The maximum Gasteiger partial charge on any atom is 0.127 e. The molecule has 0 heterocycles. The Morgan fingerprint density at radius 2 is 1.89 bits per heavy atom. The SMILES string of the molecule is Fc1ccc(Br)cc1CNCCSc1ccccc1. The fourth-order valence-corrected chi connectivity index (χ4v) is 2.90. The highest BCUT2D eigenvalue weighted by Crippen LogP contribution is 2.17. The van der Waals surface area contributed by atoms with Gasteiger partial charge in [-0.25, -0.2) is 4.39 Å². The summed E-state index contributed by atoms with van der Waals surface area (Å²) in [6.45, 7) is 1.41. The average molecular weight is 340 g/mol. The van der Waals surface area contributed by atoms with E-state index in [-0.39, 0.29) is 5.82 Å².